The molecule has 3 rings (SSSR count). The molecule has 3 aromatic rings. The fourth-order valence-electron chi connectivity index (χ4n) is 1.81. The first kappa shape index (κ1) is 12.7. The Hall–Kier alpha value is -3.29. The normalized spacial score (nSPS) is 10.5. The quantitative estimate of drug-likeness (QED) is 0.537. The summed E-state index contributed by atoms with van der Waals surface area (Å²) in [6, 6.07) is 7.98. The van der Waals surface area contributed by atoms with E-state index < -0.39 is 16.2 Å². The summed E-state index contributed by atoms with van der Waals surface area (Å²) in [5.74, 6) is -0.100. The zero-order valence-electron chi connectivity index (χ0n) is 10.5. The first-order valence-corrected chi connectivity index (χ1v) is 5.90. The van der Waals surface area contributed by atoms with E-state index in [0.717, 1.165) is 4.40 Å². The summed E-state index contributed by atoms with van der Waals surface area (Å²) in [5, 5.41) is 11.1. The van der Waals surface area contributed by atoms with Crippen LogP contribution in [0.4, 0.5) is 5.69 Å². The molecule has 21 heavy (non-hydrogen) atoms. The van der Waals surface area contributed by atoms with E-state index in [-0.39, 0.29) is 17.3 Å². The van der Waals surface area contributed by atoms with Crippen LogP contribution in [0.25, 0.3) is 5.65 Å². The molecule has 0 atom stereocenters. The van der Waals surface area contributed by atoms with Crippen molar-refractivity contribution in [3.05, 3.63) is 69.4 Å². The molecule has 0 saturated carbocycles. The van der Waals surface area contributed by atoms with Gasteiger partial charge in [-0.2, -0.15) is 4.98 Å². The maximum Gasteiger partial charge on any atom is 0.396 e. The van der Waals surface area contributed by atoms with Gasteiger partial charge in [0.05, 0.1) is 11.1 Å². The third-order valence-corrected chi connectivity index (χ3v) is 2.71. The fraction of sp³-hybridized carbons (Fsp3) is 0. The fourth-order valence-corrected chi connectivity index (χ4v) is 1.81. The van der Waals surface area contributed by atoms with Crippen molar-refractivity contribution in [2.75, 3.05) is 0 Å². The summed E-state index contributed by atoms with van der Waals surface area (Å²) in [4.78, 5) is 30.4. The Kier molecular flexibility index (Phi) is 3.03. The molecule has 3 heterocycles. The maximum absolute atomic E-state index is 12.2. The molecular weight excluding hydrogens is 276 g/mol. The number of nitro groups is 1. The zero-order valence-corrected chi connectivity index (χ0v) is 10.5. The summed E-state index contributed by atoms with van der Waals surface area (Å²) < 4.78 is 6.42. The van der Waals surface area contributed by atoms with Crippen molar-refractivity contribution in [3.63, 3.8) is 0 Å². The van der Waals surface area contributed by atoms with Gasteiger partial charge < -0.3 is 4.74 Å². The molecule has 0 fully saturated rings. The highest BCUT2D eigenvalue weighted by atomic mass is 16.6. The molecule has 0 unspecified atom stereocenters. The molecule has 0 saturated heterocycles. The maximum atomic E-state index is 12.2. The van der Waals surface area contributed by atoms with Crippen LogP contribution < -0.4 is 10.3 Å². The van der Waals surface area contributed by atoms with Crippen LogP contribution in [0.5, 0.6) is 11.6 Å². The lowest BCUT2D eigenvalue weighted by Gasteiger charge is -2.06. The topological polar surface area (TPSA) is 99.6 Å². The minimum absolute atomic E-state index is 0.256. The first-order valence-electron chi connectivity index (χ1n) is 5.90. The van der Waals surface area contributed by atoms with Crippen LogP contribution in [0.2, 0.25) is 0 Å². The van der Waals surface area contributed by atoms with Crippen molar-refractivity contribution in [2.24, 2.45) is 0 Å². The SMILES string of the molecule is O=c1c([N+](=O)[O-])c(Oc2cccnc2)nc2ccccn12. The second-order valence-corrected chi connectivity index (χ2v) is 4.05. The van der Waals surface area contributed by atoms with Crippen molar-refractivity contribution >= 4 is 11.3 Å². The molecule has 104 valence electrons. The van der Waals surface area contributed by atoms with Crippen LogP contribution in [-0.2, 0) is 0 Å². The van der Waals surface area contributed by atoms with Crippen LogP contribution >= 0.6 is 0 Å². The number of hydrogen-bond acceptors (Lipinski definition) is 6. The molecule has 0 bridgehead atoms. The van der Waals surface area contributed by atoms with E-state index in [1.807, 2.05) is 0 Å². The van der Waals surface area contributed by atoms with Gasteiger partial charge in [-0.05, 0) is 24.3 Å². The highest BCUT2D eigenvalue weighted by Crippen LogP contribution is 2.25. The molecule has 0 spiro atoms. The minimum atomic E-state index is -0.805. The molecule has 8 nitrogen and oxygen atoms in total. The van der Waals surface area contributed by atoms with E-state index in [1.54, 1.807) is 30.3 Å². The number of hydrogen-bond donors (Lipinski definition) is 0. The Morgan fingerprint density at radius 2 is 2.10 bits per heavy atom. The minimum Gasteiger partial charge on any atom is -0.432 e. The smallest absolute Gasteiger partial charge is 0.396 e. The van der Waals surface area contributed by atoms with Gasteiger partial charge in [-0.25, -0.2) is 0 Å². The van der Waals surface area contributed by atoms with Gasteiger partial charge in [0, 0.05) is 12.4 Å². The lowest BCUT2D eigenvalue weighted by molar-refractivity contribution is -0.387. The van der Waals surface area contributed by atoms with Gasteiger partial charge in [0.1, 0.15) is 11.4 Å². The molecule has 0 radical (unpaired) electrons. The molecule has 0 aliphatic heterocycles. The van der Waals surface area contributed by atoms with Gasteiger partial charge in [-0.15, -0.1) is 0 Å². The van der Waals surface area contributed by atoms with Gasteiger partial charge in [-0.1, -0.05) is 6.07 Å². The second-order valence-electron chi connectivity index (χ2n) is 4.05. The Bertz CT molecular complexity index is 876. The average molecular weight is 284 g/mol. The van der Waals surface area contributed by atoms with E-state index in [9.17, 15) is 14.9 Å². The third kappa shape index (κ3) is 2.29. The number of fused-ring (bicyclic) bond motifs is 1. The summed E-state index contributed by atoms with van der Waals surface area (Å²) in [5.41, 5.74) is -1.26. The first-order chi connectivity index (χ1) is 10.2. The van der Waals surface area contributed by atoms with Crippen LogP contribution in [0, 0.1) is 10.1 Å². The largest absolute Gasteiger partial charge is 0.432 e. The summed E-state index contributed by atoms with van der Waals surface area (Å²) in [6.45, 7) is 0. The van der Waals surface area contributed by atoms with Gasteiger partial charge in [0.2, 0.25) is 0 Å². The third-order valence-electron chi connectivity index (χ3n) is 2.71. The number of ether oxygens (including phenoxy) is 1. The van der Waals surface area contributed by atoms with Crippen LogP contribution in [0.15, 0.2) is 53.7 Å². The molecule has 0 N–H and O–H groups in total. The lowest BCUT2D eigenvalue weighted by atomic mass is 10.4. The predicted molar refractivity (Wildman–Crippen MR) is 72.4 cm³/mol. The molecule has 0 aliphatic rings. The Morgan fingerprint density at radius 3 is 2.81 bits per heavy atom. The number of aromatic nitrogens is 3. The average Bonchev–Trinajstić information content (AvgIpc) is 2.48. The van der Waals surface area contributed by atoms with Crippen LogP contribution in [0.3, 0.4) is 0 Å². The highest BCUT2D eigenvalue weighted by molar-refractivity contribution is 5.50. The van der Waals surface area contributed by atoms with Crippen molar-refractivity contribution < 1.29 is 9.66 Å². The summed E-state index contributed by atoms with van der Waals surface area (Å²) in [6.07, 6.45) is 4.31. The standard InChI is InChI=1S/C13H8N4O4/c18-13-11(17(19)20)12(21-9-4-3-6-14-8-9)15-10-5-1-2-7-16(10)13/h1-8H. The van der Waals surface area contributed by atoms with Gasteiger partial charge in [0.15, 0.2) is 0 Å². The van der Waals surface area contributed by atoms with E-state index in [4.69, 9.17) is 4.74 Å². The van der Waals surface area contributed by atoms with Crippen LogP contribution in [0.1, 0.15) is 0 Å². The van der Waals surface area contributed by atoms with Crippen molar-refractivity contribution in [2.45, 2.75) is 0 Å². The van der Waals surface area contributed by atoms with Crippen molar-refractivity contribution in [3.8, 4) is 11.6 Å². The molecular formula is C13H8N4O4. The Labute approximate surface area is 117 Å². The lowest BCUT2D eigenvalue weighted by Crippen LogP contribution is -2.19. The van der Waals surface area contributed by atoms with Gasteiger partial charge >= 0.3 is 17.1 Å². The Balaban J connectivity index is 2.23. The van der Waals surface area contributed by atoms with Crippen molar-refractivity contribution in [1.29, 1.82) is 0 Å². The monoisotopic (exact) mass is 284 g/mol. The summed E-state index contributed by atoms with van der Waals surface area (Å²) >= 11 is 0. The van der Waals surface area contributed by atoms with Crippen molar-refractivity contribution in [1.82, 2.24) is 14.4 Å². The number of pyridine rings is 2. The molecule has 0 amide bonds. The molecule has 8 heteroatoms. The van der Waals surface area contributed by atoms with Gasteiger partial charge in [0.25, 0.3) is 0 Å². The number of nitrogens with zero attached hydrogens (tertiary/aromatic N) is 4. The second kappa shape index (κ2) is 5.00. The van der Waals surface area contributed by atoms with E-state index in [2.05, 4.69) is 9.97 Å². The predicted octanol–water partition coefficient (Wildman–Crippen LogP) is 1.79. The summed E-state index contributed by atoms with van der Waals surface area (Å²) in [7, 11) is 0. The molecule has 3 aromatic heterocycles. The van der Waals surface area contributed by atoms with E-state index in [1.165, 1.54) is 18.6 Å². The molecule has 0 aromatic carbocycles. The van der Waals surface area contributed by atoms with Crippen LogP contribution in [-0.4, -0.2) is 19.3 Å². The zero-order chi connectivity index (χ0) is 14.8. The van der Waals surface area contributed by atoms with Gasteiger partial charge in [-0.3, -0.25) is 24.3 Å². The van der Waals surface area contributed by atoms with E-state index >= 15 is 0 Å². The highest BCUT2D eigenvalue weighted by Gasteiger charge is 2.25. The Morgan fingerprint density at radius 1 is 1.24 bits per heavy atom. The number of rotatable bonds is 3. The van der Waals surface area contributed by atoms with E-state index in [0.29, 0.717) is 0 Å². The molecule has 0 aliphatic carbocycles.